The molecule has 1 atom stereocenters. The zero-order chi connectivity index (χ0) is 22.1. The van der Waals surface area contributed by atoms with Crippen molar-refractivity contribution in [1.82, 2.24) is 5.32 Å². The number of amides is 1. The van der Waals surface area contributed by atoms with Crippen LogP contribution in [-0.2, 0) is 19.6 Å². The highest BCUT2D eigenvalue weighted by atomic mass is 35.5. The van der Waals surface area contributed by atoms with E-state index in [2.05, 4.69) is 5.32 Å². The standard InChI is InChI=1S/C20H20ClFN2O5S/c1-12(19(25)23-14-5-6-14)29-20(26)17-11-16(9-10-18(17)21)30(27,28)24(2)15-7-3-13(22)4-8-15/h3-4,7-12,14H,5-6H2,1-2H3,(H,23,25). The van der Waals surface area contributed by atoms with E-state index in [0.717, 1.165) is 35.3 Å². The minimum Gasteiger partial charge on any atom is -0.449 e. The predicted molar refractivity (Wildman–Crippen MR) is 109 cm³/mol. The van der Waals surface area contributed by atoms with Crippen LogP contribution in [0.3, 0.4) is 0 Å². The second-order valence-electron chi connectivity index (χ2n) is 6.92. The summed E-state index contributed by atoms with van der Waals surface area (Å²) in [5.41, 5.74) is 0.0529. The lowest BCUT2D eigenvalue weighted by atomic mass is 10.2. The van der Waals surface area contributed by atoms with Gasteiger partial charge in [-0.05, 0) is 62.2 Å². The topological polar surface area (TPSA) is 92.8 Å². The van der Waals surface area contributed by atoms with Gasteiger partial charge in [0, 0.05) is 13.1 Å². The molecular weight excluding hydrogens is 435 g/mol. The summed E-state index contributed by atoms with van der Waals surface area (Å²) < 4.78 is 45.1. The van der Waals surface area contributed by atoms with Crippen LogP contribution in [0.5, 0.6) is 0 Å². The molecule has 0 aromatic heterocycles. The highest BCUT2D eigenvalue weighted by Gasteiger charge is 2.29. The highest BCUT2D eigenvalue weighted by Crippen LogP contribution is 2.27. The molecule has 160 valence electrons. The van der Waals surface area contributed by atoms with Gasteiger partial charge in [-0.1, -0.05) is 11.6 Å². The average molecular weight is 455 g/mol. The third kappa shape index (κ3) is 4.91. The summed E-state index contributed by atoms with van der Waals surface area (Å²) in [6, 6.07) is 8.62. The Labute approximate surface area is 178 Å². The van der Waals surface area contributed by atoms with Gasteiger partial charge in [-0.2, -0.15) is 0 Å². The molecule has 0 heterocycles. The number of carbonyl (C=O) groups is 2. The predicted octanol–water partition coefficient (Wildman–Crippen LogP) is 3.13. The first-order valence-electron chi connectivity index (χ1n) is 9.15. The summed E-state index contributed by atoms with van der Waals surface area (Å²) in [7, 11) is -2.76. The molecule has 0 bridgehead atoms. The van der Waals surface area contributed by atoms with Gasteiger partial charge in [-0.25, -0.2) is 17.6 Å². The van der Waals surface area contributed by atoms with Crippen LogP contribution < -0.4 is 9.62 Å². The van der Waals surface area contributed by atoms with Crippen molar-refractivity contribution in [3.8, 4) is 0 Å². The number of esters is 1. The second-order valence-corrected chi connectivity index (χ2v) is 9.30. The number of nitrogens with one attached hydrogen (secondary N) is 1. The fraction of sp³-hybridized carbons (Fsp3) is 0.300. The van der Waals surface area contributed by atoms with Crippen molar-refractivity contribution >= 4 is 39.2 Å². The van der Waals surface area contributed by atoms with E-state index in [1.165, 1.54) is 38.2 Å². The van der Waals surface area contributed by atoms with Crippen molar-refractivity contribution < 1.29 is 27.1 Å². The first kappa shape index (κ1) is 22.0. The van der Waals surface area contributed by atoms with Gasteiger partial charge in [0.1, 0.15) is 5.82 Å². The molecule has 1 aliphatic rings. The van der Waals surface area contributed by atoms with Crippen molar-refractivity contribution in [3.05, 3.63) is 58.9 Å². The number of benzene rings is 2. The largest absolute Gasteiger partial charge is 0.449 e. The van der Waals surface area contributed by atoms with Gasteiger partial charge in [0.25, 0.3) is 15.9 Å². The molecule has 1 amide bonds. The Hall–Kier alpha value is -2.65. The Morgan fingerprint density at radius 2 is 1.83 bits per heavy atom. The van der Waals surface area contributed by atoms with Crippen molar-refractivity contribution in [2.75, 3.05) is 11.4 Å². The quantitative estimate of drug-likeness (QED) is 0.649. The molecule has 30 heavy (non-hydrogen) atoms. The van der Waals surface area contributed by atoms with Crippen LogP contribution in [0, 0.1) is 5.82 Å². The van der Waals surface area contributed by atoms with Gasteiger partial charge < -0.3 is 10.1 Å². The fourth-order valence-corrected chi connectivity index (χ4v) is 4.01. The van der Waals surface area contributed by atoms with E-state index in [0.29, 0.717) is 0 Å². The number of rotatable bonds is 7. The Balaban J connectivity index is 1.81. The lowest BCUT2D eigenvalue weighted by molar-refractivity contribution is -0.129. The van der Waals surface area contributed by atoms with Gasteiger partial charge in [-0.15, -0.1) is 0 Å². The van der Waals surface area contributed by atoms with E-state index in [9.17, 15) is 22.4 Å². The van der Waals surface area contributed by atoms with E-state index >= 15 is 0 Å². The van der Waals surface area contributed by atoms with Crippen LogP contribution in [0.4, 0.5) is 10.1 Å². The molecule has 1 fully saturated rings. The molecule has 2 aromatic rings. The molecule has 10 heteroatoms. The van der Waals surface area contributed by atoms with E-state index in [-0.39, 0.29) is 27.2 Å². The number of halogens is 2. The average Bonchev–Trinajstić information content (AvgIpc) is 3.52. The van der Waals surface area contributed by atoms with E-state index in [1.807, 2.05) is 0 Å². The van der Waals surface area contributed by atoms with Crippen molar-refractivity contribution in [2.24, 2.45) is 0 Å². The van der Waals surface area contributed by atoms with Crippen LogP contribution in [0.2, 0.25) is 5.02 Å². The minimum absolute atomic E-state index is 0.0156. The van der Waals surface area contributed by atoms with E-state index < -0.39 is 33.8 Å². The third-order valence-corrected chi connectivity index (χ3v) is 6.69. The van der Waals surface area contributed by atoms with Crippen molar-refractivity contribution in [1.29, 1.82) is 0 Å². The second kappa shape index (κ2) is 8.61. The molecule has 0 radical (unpaired) electrons. The van der Waals surface area contributed by atoms with Gasteiger partial charge in [0.15, 0.2) is 6.10 Å². The Morgan fingerprint density at radius 3 is 2.43 bits per heavy atom. The maximum Gasteiger partial charge on any atom is 0.340 e. The first-order chi connectivity index (χ1) is 14.1. The van der Waals surface area contributed by atoms with Gasteiger partial charge in [-0.3, -0.25) is 9.10 Å². The lowest BCUT2D eigenvalue weighted by Gasteiger charge is -2.20. The van der Waals surface area contributed by atoms with Gasteiger partial charge >= 0.3 is 5.97 Å². The van der Waals surface area contributed by atoms with Crippen LogP contribution >= 0.6 is 11.6 Å². The first-order valence-corrected chi connectivity index (χ1v) is 11.0. The zero-order valence-corrected chi connectivity index (χ0v) is 17.8. The number of carbonyl (C=O) groups excluding carboxylic acids is 2. The molecule has 1 N–H and O–H groups in total. The van der Waals surface area contributed by atoms with Crippen LogP contribution in [0.25, 0.3) is 0 Å². The Kier molecular flexibility index (Phi) is 6.33. The molecule has 0 saturated heterocycles. The highest BCUT2D eigenvalue weighted by molar-refractivity contribution is 7.92. The monoisotopic (exact) mass is 454 g/mol. The van der Waals surface area contributed by atoms with E-state index in [1.54, 1.807) is 0 Å². The molecule has 1 unspecified atom stereocenters. The third-order valence-electron chi connectivity index (χ3n) is 4.58. The van der Waals surface area contributed by atoms with Gasteiger partial charge in [0.05, 0.1) is 21.2 Å². The molecule has 1 aliphatic carbocycles. The molecule has 0 aliphatic heterocycles. The van der Waals surface area contributed by atoms with Gasteiger partial charge in [0.2, 0.25) is 0 Å². The number of anilines is 1. The number of hydrogen-bond acceptors (Lipinski definition) is 5. The summed E-state index contributed by atoms with van der Waals surface area (Å²) >= 11 is 6.06. The lowest BCUT2D eigenvalue weighted by Crippen LogP contribution is -2.37. The SMILES string of the molecule is CC(OC(=O)c1cc(S(=O)(=O)N(C)c2ccc(F)cc2)ccc1Cl)C(=O)NC1CC1. The normalized spacial score (nSPS) is 14.7. The number of hydrogen-bond donors (Lipinski definition) is 1. The van der Waals surface area contributed by atoms with Crippen LogP contribution in [0.1, 0.15) is 30.1 Å². The smallest absolute Gasteiger partial charge is 0.340 e. The Morgan fingerprint density at radius 1 is 1.20 bits per heavy atom. The van der Waals surface area contributed by atoms with Crippen LogP contribution in [0.15, 0.2) is 47.4 Å². The van der Waals surface area contributed by atoms with Crippen molar-refractivity contribution in [2.45, 2.75) is 36.8 Å². The van der Waals surface area contributed by atoms with E-state index in [4.69, 9.17) is 16.3 Å². The zero-order valence-electron chi connectivity index (χ0n) is 16.3. The Bertz CT molecular complexity index is 1070. The van der Waals surface area contributed by atoms with Crippen LogP contribution in [-0.4, -0.2) is 39.5 Å². The summed E-state index contributed by atoms with van der Waals surface area (Å²) in [4.78, 5) is 24.3. The van der Waals surface area contributed by atoms with Crippen molar-refractivity contribution in [3.63, 3.8) is 0 Å². The maximum atomic E-state index is 13.1. The molecule has 1 saturated carbocycles. The summed E-state index contributed by atoms with van der Waals surface area (Å²) in [5.74, 6) is -1.84. The molecular formula is C20H20ClFN2O5S. The minimum atomic E-state index is -4.06. The summed E-state index contributed by atoms with van der Waals surface area (Å²) in [6.45, 7) is 1.42. The summed E-state index contributed by atoms with van der Waals surface area (Å²) in [5, 5.41) is 2.70. The summed E-state index contributed by atoms with van der Waals surface area (Å²) in [6.07, 6.45) is 0.718. The fourth-order valence-electron chi connectivity index (χ4n) is 2.59. The number of sulfonamides is 1. The molecule has 0 spiro atoms. The maximum absolute atomic E-state index is 13.1. The number of ether oxygens (including phenoxy) is 1. The molecule has 2 aromatic carbocycles. The molecule has 3 rings (SSSR count). The molecule has 7 nitrogen and oxygen atoms in total. The number of nitrogens with zero attached hydrogens (tertiary/aromatic N) is 1.